The molecule has 0 unspecified atom stereocenters. The molecule has 0 fully saturated rings. The van der Waals surface area contributed by atoms with Crippen LogP contribution in [0.15, 0.2) is 72.4 Å². The van der Waals surface area contributed by atoms with E-state index in [0.717, 1.165) is 11.1 Å². The van der Waals surface area contributed by atoms with Crippen LogP contribution in [0.2, 0.25) is 5.02 Å². The topological polar surface area (TPSA) is 69.0 Å². The fraction of sp³-hybridized carbons (Fsp3) is 0.150. The van der Waals surface area contributed by atoms with Crippen molar-refractivity contribution in [3.8, 4) is 11.4 Å². The molecule has 28 heavy (non-hydrogen) atoms. The third-order valence-electron chi connectivity index (χ3n) is 3.73. The van der Waals surface area contributed by atoms with Crippen LogP contribution in [-0.4, -0.2) is 26.4 Å². The Balaban J connectivity index is 1.58. The van der Waals surface area contributed by atoms with Crippen LogP contribution in [-0.2, 0) is 22.8 Å². The summed E-state index contributed by atoms with van der Waals surface area (Å²) in [4.78, 5) is 17.3. The van der Waals surface area contributed by atoms with Crippen LogP contribution in [0, 0.1) is 0 Å². The van der Waals surface area contributed by atoms with Crippen molar-refractivity contribution in [2.75, 3.05) is 5.75 Å². The number of hydrogen-bond acceptors (Lipinski definition) is 5. The number of nitrogens with one attached hydrogen (secondary N) is 1. The molecule has 0 radical (unpaired) electrons. The van der Waals surface area contributed by atoms with Gasteiger partial charge in [-0.25, -0.2) is 5.48 Å². The molecule has 0 saturated carbocycles. The highest BCUT2D eigenvalue weighted by atomic mass is 35.5. The van der Waals surface area contributed by atoms with Gasteiger partial charge in [-0.3, -0.25) is 14.2 Å². The van der Waals surface area contributed by atoms with Gasteiger partial charge in [-0.15, -0.1) is 16.8 Å². The Bertz CT molecular complexity index is 929. The minimum absolute atomic E-state index is 0.157. The second-order valence-corrected chi connectivity index (χ2v) is 7.18. The van der Waals surface area contributed by atoms with Gasteiger partial charge in [-0.2, -0.15) is 0 Å². The maximum Gasteiger partial charge on any atom is 0.254 e. The predicted octanol–water partition coefficient (Wildman–Crippen LogP) is 4.12. The van der Waals surface area contributed by atoms with E-state index >= 15 is 0 Å². The number of halogens is 1. The molecule has 144 valence electrons. The molecule has 0 bridgehead atoms. The van der Waals surface area contributed by atoms with Crippen molar-refractivity contribution < 1.29 is 9.63 Å². The van der Waals surface area contributed by atoms with E-state index in [-0.39, 0.29) is 11.7 Å². The van der Waals surface area contributed by atoms with E-state index in [9.17, 15) is 4.79 Å². The first-order valence-corrected chi connectivity index (χ1v) is 9.91. The van der Waals surface area contributed by atoms with Gasteiger partial charge in [0.15, 0.2) is 11.0 Å². The standard InChI is InChI=1S/C20H19ClN4O2S/c1-2-12-25-19(16-8-10-17(21)11-9-16)22-23-20(25)28-14-18(26)24-27-13-15-6-4-3-5-7-15/h2-11H,1,12-14H2,(H,24,26). The lowest BCUT2D eigenvalue weighted by Gasteiger charge is -2.08. The summed E-state index contributed by atoms with van der Waals surface area (Å²) in [5.74, 6) is 0.604. The lowest BCUT2D eigenvalue weighted by atomic mass is 10.2. The van der Waals surface area contributed by atoms with Crippen molar-refractivity contribution in [2.45, 2.75) is 18.3 Å². The number of carbonyl (C=O) groups excluding carboxylic acids is 1. The molecule has 1 amide bonds. The number of allylic oxidation sites excluding steroid dienone is 1. The Kier molecular flexibility index (Phi) is 7.25. The van der Waals surface area contributed by atoms with E-state index in [2.05, 4.69) is 22.3 Å². The van der Waals surface area contributed by atoms with Crippen LogP contribution < -0.4 is 5.48 Å². The molecule has 0 aliphatic heterocycles. The minimum atomic E-state index is -0.248. The molecule has 1 N–H and O–H groups in total. The summed E-state index contributed by atoms with van der Waals surface area (Å²) in [6.07, 6.45) is 1.76. The predicted molar refractivity (Wildman–Crippen MR) is 111 cm³/mol. The van der Waals surface area contributed by atoms with Gasteiger partial charge in [0.1, 0.15) is 0 Å². The molecule has 8 heteroatoms. The molecular formula is C20H19ClN4O2S. The summed E-state index contributed by atoms with van der Waals surface area (Å²) in [5, 5.41) is 9.74. The molecule has 6 nitrogen and oxygen atoms in total. The number of amides is 1. The highest BCUT2D eigenvalue weighted by molar-refractivity contribution is 7.99. The smallest absolute Gasteiger partial charge is 0.254 e. The van der Waals surface area contributed by atoms with E-state index in [1.807, 2.05) is 47.0 Å². The molecule has 3 aromatic rings. The first-order chi connectivity index (χ1) is 13.7. The van der Waals surface area contributed by atoms with Crippen LogP contribution in [0.4, 0.5) is 0 Å². The Morgan fingerprint density at radius 1 is 1.18 bits per heavy atom. The van der Waals surface area contributed by atoms with Gasteiger partial charge >= 0.3 is 0 Å². The second-order valence-electron chi connectivity index (χ2n) is 5.80. The van der Waals surface area contributed by atoms with Crippen LogP contribution in [0.3, 0.4) is 0 Å². The van der Waals surface area contributed by atoms with Gasteiger partial charge in [0, 0.05) is 17.1 Å². The quantitative estimate of drug-likeness (QED) is 0.324. The number of hydroxylamine groups is 1. The molecule has 3 rings (SSSR count). The van der Waals surface area contributed by atoms with Gasteiger partial charge < -0.3 is 0 Å². The number of benzene rings is 2. The highest BCUT2D eigenvalue weighted by Gasteiger charge is 2.15. The normalized spacial score (nSPS) is 10.6. The first-order valence-electron chi connectivity index (χ1n) is 8.55. The largest absolute Gasteiger partial charge is 0.298 e. The van der Waals surface area contributed by atoms with Crippen molar-refractivity contribution in [2.24, 2.45) is 0 Å². The fourth-order valence-electron chi connectivity index (χ4n) is 2.44. The van der Waals surface area contributed by atoms with Gasteiger partial charge in [-0.1, -0.05) is 59.8 Å². The lowest BCUT2D eigenvalue weighted by Crippen LogP contribution is -2.25. The zero-order valence-corrected chi connectivity index (χ0v) is 16.6. The molecule has 0 atom stereocenters. The summed E-state index contributed by atoms with van der Waals surface area (Å²) in [7, 11) is 0. The average molecular weight is 415 g/mol. The minimum Gasteiger partial charge on any atom is -0.298 e. The van der Waals surface area contributed by atoms with Crippen LogP contribution >= 0.6 is 23.4 Å². The van der Waals surface area contributed by atoms with E-state index in [1.165, 1.54) is 11.8 Å². The van der Waals surface area contributed by atoms with Crippen molar-refractivity contribution >= 4 is 29.3 Å². The van der Waals surface area contributed by atoms with Gasteiger partial charge in [0.05, 0.1) is 12.4 Å². The number of rotatable bonds is 9. The van der Waals surface area contributed by atoms with Crippen molar-refractivity contribution in [3.05, 3.63) is 77.8 Å². The Hall–Kier alpha value is -2.61. The highest BCUT2D eigenvalue weighted by Crippen LogP contribution is 2.25. The summed E-state index contributed by atoms with van der Waals surface area (Å²) >= 11 is 7.23. The zero-order valence-electron chi connectivity index (χ0n) is 15.0. The summed E-state index contributed by atoms with van der Waals surface area (Å²) in [6, 6.07) is 17.0. The van der Waals surface area contributed by atoms with E-state index in [1.54, 1.807) is 18.2 Å². The number of carbonyl (C=O) groups is 1. The summed E-state index contributed by atoms with van der Waals surface area (Å²) in [5.41, 5.74) is 4.32. The maximum atomic E-state index is 12.0. The van der Waals surface area contributed by atoms with E-state index in [0.29, 0.717) is 29.2 Å². The SMILES string of the molecule is C=CCn1c(SCC(=O)NOCc2ccccc2)nnc1-c1ccc(Cl)cc1. The molecule has 0 aliphatic carbocycles. The monoisotopic (exact) mass is 414 g/mol. The molecule has 1 aromatic heterocycles. The lowest BCUT2D eigenvalue weighted by molar-refractivity contribution is -0.131. The Morgan fingerprint density at radius 2 is 1.93 bits per heavy atom. The third-order valence-corrected chi connectivity index (χ3v) is 4.95. The average Bonchev–Trinajstić information content (AvgIpc) is 3.11. The first kappa shape index (κ1) is 20.1. The van der Waals surface area contributed by atoms with Gasteiger partial charge in [0.2, 0.25) is 0 Å². The van der Waals surface area contributed by atoms with Gasteiger partial charge in [0.25, 0.3) is 5.91 Å². The Morgan fingerprint density at radius 3 is 2.64 bits per heavy atom. The van der Waals surface area contributed by atoms with Crippen LogP contribution in [0.1, 0.15) is 5.56 Å². The zero-order chi connectivity index (χ0) is 19.8. The summed E-state index contributed by atoms with van der Waals surface area (Å²) < 4.78 is 1.90. The van der Waals surface area contributed by atoms with Gasteiger partial charge in [-0.05, 0) is 29.8 Å². The molecule has 0 spiro atoms. The van der Waals surface area contributed by atoms with Crippen LogP contribution in [0.25, 0.3) is 11.4 Å². The van der Waals surface area contributed by atoms with Crippen molar-refractivity contribution in [1.29, 1.82) is 0 Å². The third kappa shape index (κ3) is 5.45. The number of aromatic nitrogens is 3. The molecule has 0 saturated heterocycles. The maximum absolute atomic E-state index is 12.0. The molecule has 2 aromatic carbocycles. The molecule has 0 aliphatic rings. The molecular weight excluding hydrogens is 396 g/mol. The number of hydrogen-bond donors (Lipinski definition) is 1. The second kappa shape index (κ2) is 10.1. The van der Waals surface area contributed by atoms with Crippen molar-refractivity contribution in [3.63, 3.8) is 0 Å². The van der Waals surface area contributed by atoms with E-state index in [4.69, 9.17) is 16.4 Å². The summed E-state index contributed by atoms with van der Waals surface area (Å²) in [6.45, 7) is 4.62. The number of thioether (sulfide) groups is 1. The number of nitrogens with zero attached hydrogens (tertiary/aromatic N) is 3. The van der Waals surface area contributed by atoms with Crippen LogP contribution in [0.5, 0.6) is 0 Å². The van der Waals surface area contributed by atoms with Crippen molar-refractivity contribution in [1.82, 2.24) is 20.2 Å². The molecule has 1 heterocycles. The Labute approximate surface area is 172 Å². The van der Waals surface area contributed by atoms with E-state index < -0.39 is 0 Å². The fourth-order valence-corrected chi connectivity index (χ4v) is 3.30.